The lowest BCUT2D eigenvalue weighted by Crippen LogP contribution is -2.17. The Hall–Kier alpha value is -2.06. The molecule has 0 bridgehead atoms. The van der Waals surface area contributed by atoms with Gasteiger partial charge in [0.2, 0.25) is 0 Å². The normalized spacial score (nSPS) is 10.7. The van der Waals surface area contributed by atoms with Gasteiger partial charge in [-0.15, -0.1) is 0 Å². The van der Waals surface area contributed by atoms with Crippen molar-refractivity contribution in [1.29, 1.82) is 0 Å². The number of hydrogen-bond donors (Lipinski definition) is 1. The molecule has 0 atom stereocenters. The van der Waals surface area contributed by atoms with Gasteiger partial charge in [-0.3, -0.25) is 4.79 Å². The van der Waals surface area contributed by atoms with Crippen LogP contribution < -0.4 is 19.6 Å². The van der Waals surface area contributed by atoms with Crippen LogP contribution in [0, 0.1) is 0 Å². The molecule has 0 radical (unpaired) electrons. The second-order valence-electron chi connectivity index (χ2n) is 5.01. The third-order valence-corrected chi connectivity index (χ3v) is 4.39. The van der Waals surface area contributed by atoms with Crippen molar-refractivity contribution in [2.24, 2.45) is 5.10 Å². The molecule has 1 N–H and O–H groups in total. The van der Waals surface area contributed by atoms with E-state index in [9.17, 15) is 4.79 Å². The van der Waals surface area contributed by atoms with Crippen LogP contribution in [-0.4, -0.2) is 32.9 Å². The van der Waals surface area contributed by atoms with Gasteiger partial charge in [0.1, 0.15) is 5.75 Å². The first kappa shape index (κ1) is 20.3. The SMILES string of the molecule is CCOc1c(Br)cc(Br)cc1/C=N/NC(=O)c1ccc(OC)c(OC)c1. The summed E-state index contributed by atoms with van der Waals surface area (Å²) < 4.78 is 17.6. The van der Waals surface area contributed by atoms with Crippen molar-refractivity contribution >= 4 is 44.0 Å². The summed E-state index contributed by atoms with van der Waals surface area (Å²) in [5.74, 6) is 1.31. The third kappa shape index (κ3) is 4.98. The summed E-state index contributed by atoms with van der Waals surface area (Å²) in [6.07, 6.45) is 1.53. The minimum Gasteiger partial charge on any atom is -0.493 e. The maximum atomic E-state index is 12.3. The monoisotopic (exact) mass is 484 g/mol. The van der Waals surface area contributed by atoms with Gasteiger partial charge in [-0.05, 0) is 53.2 Å². The van der Waals surface area contributed by atoms with Crippen molar-refractivity contribution < 1.29 is 19.0 Å². The Morgan fingerprint density at radius 3 is 2.54 bits per heavy atom. The number of benzene rings is 2. The van der Waals surface area contributed by atoms with E-state index >= 15 is 0 Å². The molecule has 2 aromatic rings. The van der Waals surface area contributed by atoms with Gasteiger partial charge in [0.05, 0.1) is 31.5 Å². The van der Waals surface area contributed by atoms with Crippen LogP contribution in [0.15, 0.2) is 44.4 Å². The molecule has 8 heteroatoms. The Bertz CT molecular complexity index is 825. The molecular formula is C18H18Br2N2O4. The maximum Gasteiger partial charge on any atom is 0.271 e. The van der Waals surface area contributed by atoms with Crippen molar-refractivity contribution in [2.75, 3.05) is 20.8 Å². The Kier molecular flexibility index (Phi) is 7.47. The highest BCUT2D eigenvalue weighted by atomic mass is 79.9. The molecule has 0 saturated heterocycles. The maximum absolute atomic E-state index is 12.3. The Labute approximate surface area is 168 Å². The molecule has 0 unspecified atom stereocenters. The van der Waals surface area contributed by atoms with Crippen LogP contribution in [-0.2, 0) is 0 Å². The second-order valence-corrected chi connectivity index (χ2v) is 6.78. The summed E-state index contributed by atoms with van der Waals surface area (Å²) in [4.78, 5) is 12.3. The van der Waals surface area contributed by atoms with Crippen molar-refractivity contribution in [3.63, 3.8) is 0 Å². The number of hydrazone groups is 1. The average Bonchev–Trinajstić information content (AvgIpc) is 2.63. The Balaban J connectivity index is 2.17. The first-order valence-corrected chi connectivity index (χ1v) is 9.26. The van der Waals surface area contributed by atoms with Crippen LogP contribution in [0.5, 0.6) is 17.2 Å². The fourth-order valence-electron chi connectivity index (χ4n) is 2.18. The molecule has 0 spiro atoms. The highest BCUT2D eigenvalue weighted by Gasteiger charge is 2.11. The van der Waals surface area contributed by atoms with E-state index < -0.39 is 0 Å². The number of nitrogens with one attached hydrogen (secondary N) is 1. The van der Waals surface area contributed by atoms with Crippen LogP contribution in [0.4, 0.5) is 0 Å². The largest absolute Gasteiger partial charge is 0.493 e. The minimum absolute atomic E-state index is 0.366. The molecule has 138 valence electrons. The molecule has 0 aliphatic rings. The standard InChI is InChI=1S/C18H18Br2N2O4/c1-4-26-17-12(7-13(19)9-14(17)20)10-21-22-18(23)11-5-6-15(24-2)16(8-11)25-3/h5-10H,4H2,1-3H3,(H,22,23)/b21-10+. The zero-order valence-electron chi connectivity index (χ0n) is 14.5. The molecule has 0 aliphatic heterocycles. The lowest BCUT2D eigenvalue weighted by molar-refractivity contribution is 0.0954. The van der Waals surface area contributed by atoms with Crippen molar-refractivity contribution in [3.05, 3.63) is 50.4 Å². The predicted molar refractivity (Wildman–Crippen MR) is 108 cm³/mol. The number of nitrogens with zero attached hydrogens (tertiary/aromatic N) is 1. The van der Waals surface area contributed by atoms with E-state index in [1.54, 1.807) is 18.2 Å². The van der Waals surface area contributed by atoms with Crippen LogP contribution in [0.25, 0.3) is 0 Å². The summed E-state index contributed by atoms with van der Waals surface area (Å²) >= 11 is 6.88. The van der Waals surface area contributed by atoms with Crippen molar-refractivity contribution in [3.8, 4) is 17.2 Å². The molecule has 0 aliphatic carbocycles. The first-order valence-electron chi connectivity index (χ1n) is 7.67. The molecule has 26 heavy (non-hydrogen) atoms. The number of amides is 1. The average molecular weight is 486 g/mol. The molecule has 0 fully saturated rings. The number of methoxy groups -OCH3 is 2. The highest BCUT2D eigenvalue weighted by Crippen LogP contribution is 2.32. The summed E-state index contributed by atoms with van der Waals surface area (Å²) in [7, 11) is 3.05. The quantitative estimate of drug-likeness (QED) is 0.466. The van der Waals surface area contributed by atoms with E-state index in [2.05, 4.69) is 42.4 Å². The molecule has 2 rings (SSSR count). The van der Waals surface area contributed by atoms with E-state index in [4.69, 9.17) is 14.2 Å². The Morgan fingerprint density at radius 2 is 1.88 bits per heavy atom. The van der Waals surface area contributed by atoms with E-state index in [1.807, 2.05) is 19.1 Å². The second kappa shape index (κ2) is 9.59. The summed E-state index contributed by atoms with van der Waals surface area (Å²) in [6.45, 7) is 2.41. The number of halogens is 2. The molecule has 6 nitrogen and oxygen atoms in total. The topological polar surface area (TPSA) is 69.2 Å². The summed E-state index contributed by atoms with van der Waals surface area (Å²) in [6, 6.07) is 8.61. The van der Waals surface area contributed by atoms with Crippen molar-refractivity contribution in [1.82, 2.24) is 5.43 Å². The molecular weight excluding hydrogens is 468 g/mol. The zero-order valence-corrected chi connectivity index (χ0v) is 17.7. The van der Waals surface area contributed by atoms with Gasteiger partial charge in [0.25, 0.3) is 5.91 Å². The van der Waals surface area contributed by atoms with E-state index in [0.29, 0.717) is 29.4 Å². The number of hydrogen-bond acceptors (Lipinski definition) is 5. The number of carbonyl (C=O) groups excluding carboxylic acids is 1. The smallest absolute Gasteiger partial charge is 0.271 e. The molecule has 2 aromatic carbocycles. The van der Waals surface area contributed by atoms with Gasteiger partial charge in [-0.2, -0.15) is 5.10 Å². The van der Waals surface area contributed by atoms with Gasteiger partial charge in [0.15, 0.2) is 11.5 Å². The molecule has 0 saturated carbocycles. The van der Waals surface area contributed by atoms with Gasteiger partial charge < -0.3 is 14.2 Å². The highest BCUT2D eigenvalue weighted by molar-refractivity contribution is 9.11. The van der Waals surface area contributed by atoms with Crippen LogP contribution in [0.3, 0.4) is 0 Å². The third-order valence-electron chi connectivity index (χ3n) is 3.34. The van der Waals surface area contributed by atoms with Crippen LogP contribution >= 0.6 is 31.9 Å². The van der Waals surface area contributed by atoms with Gasteiger partial charge in [-0.25, -0.2) is 5.43 Å². The van der Waals surface area contributed by atoms with Crippen molar-refractivity contribution in [2.45, 2.75) is 6.92 Å². The number of carbonyl (C=O) groups is 1. The first-order chi connectivity index (χ1) is 12.5. The minimum atomic E-state index is -0.366. The van der Waals surface area contributed by atoms with Crippen LogP contribution in [0.1, 0.15) is 22.8 Å². The molecule has 0 aromatic heterocycles. The van der Waals surface area contributed by atoms with Crippen LogP contribution in [0.2, 0.25) is 0 Å². The van der Waals surface area contributed by atoms with Gasteiger partial charge in [-0.1, -0.05) is 15.9 Å². The van der Waals surface area contributed by atoms with Gasteiger partial charge in [0, 0.05) is 15.6 Å². The zero-order chi connectivity index (χ0) is 19.1. The van der Waals surface area contributed by atoms with E-state index in [1.165, 1.54) is 20.4 Å². The number of rotatable bonds is 7. The summed E-state index contributed by atoms with van der Waals surface area (Å²) in [5.41, 5.74) is 3.62. The lowest BCUT2D eigenvalue weighted by atomic mass is 10.2. The fourth-order valence-corrected chi connectivity index (χ4v) is 3.55. The van der Waals surface area contributed by atoms with Gasteiger partial charge >= 0.3 is 0 Å². The fraction of sp³-hybridized carbons (Fsp3) is 0.222. The van der Waals surface area contributed by atoms with E-state index in [-0.39, 0.29) is 5.91 Å². The number of ether oxygens (including phenoxy) is 3. The lowest BCUT2D eigenvalue weighted by Gasteiger charge is -2.10. The molecule has 1 amide bonds. The van der Waals surface area contributed by atoms with E-state index in [0.717, 1.165) is 14.5 Å². The molecule has 0 heterocycles. The summed E-state index contributed by atoms with van der Waals surface area (Å²) in [5, 5.41) is 4.02. The Morgan fingerprint density at radius 1 is 1.15 bits per heavy atom. The predicted octanol–water partition coefficient (Wildman–Crippen LogP) is 4.39.